The molecule has 1 aliphatic rings. The van der Waals surface area contributed by atoms with Crippen LogP contribution in [0.15, 0.2) is 29.8 Å². The molecule has 0 saturated heterocycles. The van der Waals surface area contributed by atoms with Crippen molar-refractivity contribution in [3.63, 3.8) is 0 Å². The predicted molar refractivity (Wildman–Crippen MR) is 73.6 cm³/mol. The second-order valence-corrected chi connectivity index (χ2v) is 5.14. The summed E-state index contributed by atoms with van der Waals surface area (Å²) < 4.78 is 0. The van der Waals surface area contributed by atoms with E-state index in [2.05, 4.69) is 12.1 Å². The molecule has 2 heteroatoms. The fourth-order valence-corrected chi connectivity index (χ4v) is 2.65. The molecule has 18 heavy (non-hydrogen) atoms. The van der Waals surface area contributed by atoms with Gasteiger partial charge in [0.2, 0.25) is 0 Å². The number of hydrogen-bond acceptors (Lipinski definition) is 1. The summed E-state index contributed by atoms with van der Waals surface area (Å²) in [5.74, 6) is -0.185. The highest BCUT2D eigenvalue weighted by molar-refractivity contribution is 5.91. The Labute approximate surface area is 108 Å². The first-order valence-electron chi connectivity index (χ1n) is 6.68. The van der Waals surface area contributed by atoms with Crippen LogP contribution in [0.3, 0.4) is 0 Å². The van der Waals surface area contributed by atoms with E-state index in [1.165, 1.54) is 37.7 Å². The molecule has 0 amide bonds. The van der Waals surface area contributed by atoms with Crippen LogP contribution in [0.4, 0.5) is 0 Å². The Morgan fingerprint density at radius 3 is 2.67 bits per heavy atom. The van der Waals surface area contributed by atoms with Crippen LogP contribution in [-0.2, 0) is 4.79 Å². The third-order valence-electron chi connectivity index (χ3n) is 3.71. The number of benzene rings is 1. The smallest absolute Gasteiger partial charge is 0.331 e. The molecule has 0 radical (unpaired) electrons. The minimum Gasteiger partial charge on any atom is -0.478 e. The van der Waals surface area contributed by atoms with Crippen LogP contribution in [-0.4, -0.2) is 11.1 Å². The second-order valence-electron chi connectivity index (χ2n) is 5.14. The van der Waals surface area contributed by atoms with Crippen molar-refractivity contribution in [3.05, 3.63) is 41.0 Å². The van der Waals surface area contributed by atoms with E-state index in [9.17, 15) is 4.79 Å². The summed E-state index contributed by atoms with van der Waals surface area (Å²) >= 11 is 0. The molecule has 2 rings (SSSR count). The molecule has 0 heterocycles. The monoisotopic (exact) mass is 244 g/mol. The van der Waals surface area contributed by atoms with E-state index in [4.69, 9.17) is 5.11 Å². The molecule has 1 aromatic carbocycles. The van der Waals surface area contributed by atoms with Crippen molar-refractivity contribution in [2.45, 2.75) is 44.9 Å². The standard InChI is InChI=1S/C16H20O2/c1-12(16(17)18)10-13-6-5-9-15(11-13)14-7-3-2-4-8-14/h5-6,9-11,14H,2-4,7-8H2,1H3,(H,17,18). The van der Waals surface area contributed by atoms with Crippen molar-refractivity contribution >= 4 is 12.0 Å². The first-order valence-corrected chi connectivity index (χ1v) is 6.68. The summed E-state index contributed by atoms with van der Waals surface area (Å²) in [6.45, 7) is 1.63. The molecule has 1 aliphatic carbocycles. The Morgan fingerprint density at radius 1 is 1.28 bits per heavy atom. The van der Waals surface area contributed by atoms with Gasteiger partial charge in [-0.2, -0.15) is 0 Å². The summed E-state index contributed by atoms with van der Waals surface area (Å²) in [5.41, 5.74) is 2.75. The molecular formula is C16H20O2. The van der Waals surface area contributed by atoms with Crippen LogP contribution >= 0.6 is 0 Å². The summed E-state index contributed by atoms with van der Waals surface area (Å²) in [6.07, 6.45) is 8.27. The highest BCUT2D eigenvalue weighted by Crippen LogP contribution is 2.33. The zero-order chi connectivity index (χ0) is 13.0. The fraction of sp³-hybridized carbons (Fsp3) is 0.438. The van der Waals surface area contributed by atoms with E-state index in [-0.39, 0.29) is 0 Å². The average molecular weight is 244 g/mol. The molecule has 1 N–H and O–H groups in total. The first-order chi connectivity index (χ1) is 8.66. The van der Waals surface area contributed by atoms with E-state index >= 15 is 0 Å². The maximum Gasteiger partial charge on any atom is 0.331 e. The van der Waals surface area contributed by atoms with E-state index < -0.39 is 5.97 Å². The lowest BCUT2D eigenvalue weighted by molar-refractivity contribution is -0.132. The Kier molecular flexibility index (Phi) is 4.19. The van der Waals surface area contributed by atoms with Gasteiger partial charge in [0.1, 0.15) is 0 Å². The van der Waals surface area contributed by atoms with Crippen molar-refractivity contribution in [1.29, 1.82) is 0 Å². The Hall–Kier alpha value is -1.57. The third-order valence-corrected chi connectivity index (χ3v) is 3.71. The largest absolute Gasteiger partial charge is 0.478 e. The first kappa shape index (κ1) is 12.9. The fourth-order valence-electron chi connectivity index (χ4n) is 2.65. The topological polar surface area (TPSA) is 37.3 Å². The van der Waals surface area contributed by atoms with Crippen LogP contribution in [0.2, 0.25) is 0 Å². The van der Waals surface area contributed by atoms with E-state index in [0.29, 0.717) is 11.5 Å². The van der Waals surface area contributed by atoms with E-state index in [1.54, 1.807) is 13.0 Å². The molecule has 0 spiro atoms. The molecule has 2 nitrogen and oxygen atoms in total. The maximum atomic E-state index is 10.8. The van der Waals surface area contributed by atoms with Gasteiger partial charge in [-0.05, 0) is 42.9 Å². The molecule has 0 aromatic heterocycles. The van der Waals surface area contributed by atoms with Gasteiger partial charge in [0.05, 0.1) is 0 Å². The number of rotatable bonds is 3. The van der Waals surface area contributed by atoms with E-state index in [1.807, 2.05) is 12.1 Å². The van der Waals surface area contributed by atoms with Gasteiger partial charge in [0, 0.05) is 5.57 Å². The lowest BCUT2D eigenvalue weighted by atomic mass is 9.83. The van der Waals surface area contributed by atoms with Gasteiger partial charge in [-0.1, -0.05) is 43.5 Å². The molecule has 0 aliphatic heterocycles. The Morgan fingerprint density at radius 2 is 2.00 bits per heavy atom. The normalized spacial score (nSPS) is 17.7. The number of hydrogen-bond donors (Lipinski definition) is 1. The average Bonchev–Trinajstić information content (AvgIpc) is 2.40. The van der Waals surface area contributed by atoms with Crippen LogP contribution in [0, 0.1) is 0 Å². The van der Waals surface area contributed by atoms with Crippen molar-refractivity contribution in [2.75, 3.05) is 0 Å². The molecule has 1 fully saturated rings. The van der Waals surface area contributed by atoms with Crippen molar-refractivity contribution < 1.29 is 9.90 Å². The zero-order valence-corrected chi connectivity index (χ0v) is 10.9. The van der Waals surface area contributed by atoms with Gasteiger partial charge in [0.15, 0.2) is 0 Å². The van der Waals surface area contributed by atoms with Crippen molar-refractivity contribution in [2.24, 2.45) is 0 Å². The number of carboxylic acids is 1. The lowest BCUT2D eigenvalue weighted by Crippen LogP contribution is -2.04. The minimum atomic E-state index is -0.849. The van der Waals surface area contributed by atoms with Crippen molar-refractivity contribution in [3.8, 4) is 0 Å². The molecule has 0 bridgehead atoms. The third kappa shape index (κ3) is 3.22. The Balaban J connectivity index is 2.19. The summed E-state index contributed by atoms with van der Waals surface area (Å²) in [7, 11) is 0. The SMILES string of the molecule is CC(=Cc1cccc(C2CCCCC2)c1)C(=O)O. The molecule has 1 aromatic rings. The van der Waals surface area contributed by atoms with Gasteiger partial charge in [-0.3, -0.25) is 0 Å². The molecular weight excluding hydrogens is 224 g/mol. The van der Waals surface area contributed by atoms with E-state index in [0.717, 1.165) is 5.56 Å². The van der Waals surface area contributed by atoms with Crippen LogP contribution in [0.1, 0.15) is 56.1 Å². The summed E-state index contributed by atoms with van der Waals surface area (Å²) in [6, 6.07) is 8.32. The summed E-state index contributed by atoms with van der Waals surface area (Å²) in [4.78, 5) is 10.8. The van der Waals surface area contributed by atoms with Crippen molar-refractivity contribution in [1.82, 2.24) is 0 Å². The van der Waals surface area contributed by atoms with Crippen LogP contribution in [0.25, 0.3) is 6.08 Å². The van der Waals surface area contributed by atoms with Gasteiger partial charge < -0.3 is 5.11 Å². The van der Waals surface area contributed by atoms with Gasteiger partial charge in [0.25, 0.3) is 0 Å². The number of aliphatic carboxylic acids is 1. The summed E-state index contributed by atoms with van der Waals surface area (Å²) in [5, 5.41) is 8.89. The number of carbonyl (C=O) groups is 1. The quantitative estimate of drug-likeness (QED) is 0.808. The Bertz CT molecular complexity index is 454. The maximum absolute atomic E-state index is 10.8. The highest BCUT2D eigenvalue weighted by atomic mass is 16.4. The predicted octanol–water partition coefficient (Wildman–Crippen LogP) is 4.22. The number of carboxylic acid groups (broad SMARTS) is 1. The zero-order valence-electron chi connectivity index (χ0n) is 10.9. The molecule has 96 valence electrons. The van der Waals surface area contributed by atoms with Gasteiger partial charge >= 0.3 is 5.97 Å². The molecule has 1 saturated carbocycles. The highest BCUT2D eigenvalue weighted by Gasteiger charge is 2.15. The molecule has 0 unspecified atom stereocenters. The van der Waals surface area contributed by atoms with Gasteiger partial charge in [-0.15, -0.1) is 0 Å². The lowest BCUT2D eigenvalue weighted by Gasteiger charge is -2.22. The van der Waals surface area contributed by atoms with Gasteiger partial charge in [-0.25, -0.2) is 4.79 Å². The minimum absolute atomic E-state index is 0.385. The molecule has 0 atom stereocenters. The van der Waals surface area contributed by atoms with Crippen LogP contribution in [0.5, 0.6) is 0 Å². The van der Waals surface area contributed by atoms with Crippen LogP contribution < -0.4 is 0 Å². The second kappa shape index (κ2) is 5.85.